The zero-order chi connectivity index (χ0) is 15.5. The van der Waals surface area contributed by atoms with Gasteiger partial charge in [-0.15, -0.1) is 0 Å². The molecule has 0 spiro atoms. The standard InChI is InChI=1S/C20H33N/c1-15(2)13-20(8-6-7-9-20)14-21-18(5)19-11-16(3)10-17(4)12-19/h10-12,15,18,21H,6-9,13-14H2,1-5H3. The highest BCUT2D eigenvalue weighted by Gasteiger charge is 2.34. The second-order valence-corrected chi connectivity index (χ2v) is 7.83. The predicted molar refractivity (Wildman–Crippen MR) is 92.7 cm³/mol. The van der Waals surface area contributed by atoms with Crippen molar-refractivity contribution in [3.05, 3.63) is 34.9 Å². The number of benzene rings is 1. The predicted octanol–water partition coefficient (Wildman–Crippen LogP) is 5.56. The van der Waals surface area contributed by atoms with Gasteiger partial charge in [-0.1, -0.05) is 56.0 Å². The average Bonchev–Trinajstić information content (AvgIpc) is 2.83. The SMILES string of the molecule is Cc1cc(C)cc(C(C)NCC2(CC(C)C)CCCC2)c1. The number of rotatable bonds is 6. The lowest BCUT2D eigenvalue weighted by Crippen LogP contribution is -2.34. The molecule has 0 aromatic heterocycles. The summed E-state index contributed by atoms with van der Waals surface area (Å²) in [6.45, 7) is 12.6. The molecule has 1 aliphatic carbocycles. The van der Waals surface area contributed by atoms with Gasteiger partial charge in [0.15, 0.2) is 0 Å². The van der Waals surface area contributed by atoms with Gasteiger partial charge in [0.2, 0.25) is 0 Å². The lowest BCUT2D eigenvalue weighted by molar-refractivity contribution is 0.217. The molecule has 0 amide bonds. The van der Waals surface area contributed by atoms with Crippen LogP contribution in [0.2, 0.25) is 0 Å². The molecule has 0 radical (unpaired) electrons. The topological polar surface area (TPSA) is 12.0 Å². The normalized spacial score (nSPS) is 19.1. The maximum Gasteiger partial charge on any atom is 0.0292 e. The number of hydrogen-bond donors (Lipinski definition) is 1. The molecule has 0 aliphatic heterocycles. The number of hydrogen-bond acceptors (Lipinski definition) is 1. The maximum absolute atomic E-state index is 3.84. The summed E-state index contributed by atoms with van der Waals surface area (Å²) >= 11 is 0. The van der Waals surface area contributed by atoms with Crippen LogP contribution in [0.25, 0.3) is 0 Å². The Kier molecular flexibility index (Phi) is 5.48. The molecule has 21 heavy (non-hydrogen) atoms. The van der Waals surface area contributed by atoms with Crippen molar-refractivity contribution in [2.45, 2.75) is 72.8 Å². The Morgan fingerprint density at radius 1 is 1.00 bits per heavy atom. The molecule has 118 valence electrons. The molecule has 0 saturated heterocycles. The summed E-state index contributed by atoms with van der Waals surface area (Å²) in [5, 5.41) is 3.84. The van der Waals surface area contributed by atoms with E-state index in [9.17, 15) is 0 Å². The Labute approximate surface area is 131 Å². The quantitative estimate of drug-likeness (QED) is 0.722. The lowest BCUT2D eigenvalue weighted by atomic mass is 9.78. The summed E-state index contributed by atoms with van der Waals surface area (Å²) in [7, 11) is 0. The van der Waals surface area contributed by atoms with Gasteiger partial charge in [-0.25, -0.2) is 0 Å². The molecule has 0 heterocycles. The highest BCUT2D eigenvalue weighted by Crippen LogP contribution is 2.43. The van der Waals surface area contributed by atoms with Crippen molar-refractivity contribution >= 4 is 0 Å². The molecule has 2 rings (SSSR count). The molecule has 0 bridgehead atoms. The first-order chi connectivity index (χ1) is 9.90. The molecule has 1 N–H and O–H groups in total. The van der Waals surface area contributed by atoms with Gasteiger partial charge < -0.3 is 5.32 Å². The fourth-order valence-electron chi connectivity index (χ4n) is 4.19. The van der Waals surface area contributed by atoms with Crippen LogP contribution in [0.3, 0.4) is 0 Å². The van der Waals surface area contributed by atoms with E-state index in [0.717, 1.165) is 5.92 Å². The first-order valence-electron chi connectivity index (χ1n) is 8.72. The van der Waals surface area contributed by atoms with Gasteiger partial charge in [-0.2, -0.15) is 0 Å². The molecule has 1 saturated carbocycles. The molecule has 1 fully saturated rings. The van der Waals surface area contributed by atoms with Crippen LogP contribution in [0.15, 0.2) is 18.2 Å². The van der Waals surface area contributed by atoms with Crippen LogP contribution in [0.4, 0.5) is 0 Å². The Hall–Kier alpha value is -0.820. The lowest BCUT2D eigenvalue weighted by Gasteiger charge is -2.33. The Balaban J connectivity index is 2.00. The molecule has 1 nitrogen and oxygen atoms in total. The summed E-state index contributed by atoms with van der Waals surface area (Å²) in [6.07, 6.45) is 7.05. The van der Waals surface area contributed by atoms with Gasteiger partial charge in [-0.3, -0.25) is 0 Å². The van der Waals surface area contributed by atoms with E-state index >= 15 is 0 Å². The Morgan fingerprint density at radius 3 is 2.10 bits per heavy atom. The van der Waals surface area contributed by atoms with Crippen LogP contribution in [-0.4, -0.2) is 6.54 Å². The van der Waals surface area contributed by atoms with Crippen molar-refractivity contribution in [2.24, 2.45) is 11.3 Å². The van der Waals surface area contributed by atoms with Crippen LogP contribution in [0.5, 0.6) is 0 Å². The fraction of sp³-hybridized carbons (Fsp3) is 0.700. The smallest absolute Gasteiger partial charge is 0.0292 e. The average molecular weight is 287 g/mol. The summed E-state index contributed by atoms with van der Waals surface area (Å²) < 4.78 is 0. The van der Waals surface area contributed by atoms with Gasteiger partial charge in [0.05, 0.1) is 0 Å². The number of nitrogens with one attached hydrogen (secondary N) is 1. The zero-order valence-corrected chi connectivity index (χ0v) is 14.6. The minimum Gasteiger partial charge on any atom is -0.310 e. The van der Waals surface area contributed by atoms with Gasteiger partial charge in [0.25, 0.3) is 0 Å². The highest BCUT2D eigenvalue weighted by molar-refractivity contribution is 5.30. The first-order valence-corrected chi connectivity index (χ1v) is 8.72. The summed E-state index contributed by atoms with van der Waals surface area (Å²) in [5.41, 5.74) is 4.74. The van der Waals surface area contributed by atoms with Crippen LogP contribution >= 0.6 is 0 Å². The van der Waals surface area contributed by atoms with E-state index in [2.05, 4.69) is 58.1 Å². The van der Waals surface area contributed by atoms with Crippen molar-refractivity contribution in [1.29, 1.82) is 0 Å². The van der Waals surface area contributed by atoms with Gasteiger partial charge in [0.1, 0.15) is 0 Å². The minimum atomic E-state index is 0.452. The van der Waals surface area contributed by atoms with E-state index in [4.69, 9.17) is 0 Å². The van der Waals surface area contributed by atoms with Crippen molar-refractivity contribution in [2.75, 3.05) is 6.54 Å². The Morgan fingerprint density at radius 2 is 1.57 bits per heavy atom. The van der Waals surface area contributed by atoms with Crippen molar-refractivity contribution in [1.82, 2.24) is 5.32 Å². The van der Waals surface area contributed by atoms with Crippen molar-refractivity contribution in [3.8, 4) is 0 Å². The van der Waals surface area contributed by atoms with Gasteiger partial charge in [-0.05, 0) is 56.9 Å². The third kappa shape index (κ3) is 4.57. The Bertz CT molecular complexity index is 435. The first kappa shape index (κ1) is 16.5. The second kappa shape index (κ2) is 6.96. The minimum absolute atomic E-state index is 0.452. The second-order valence-electron chi connectivity index (χ2n) is 7.83. The van der Waals surface area contributed by atoms with E-state index < -0.39 is 0 Å². The number of aryl methyl sites for hydroxylation is 2. The summed E-state index contributed by atoms with van der Waals surface area (Å²) in [5.74, 6) is 0.807. The highest BCUT2D eigenvalue weighted by atomic mass is 14.9. The monoisotopic (exact) mass is 287 g/mol. The largest absolute Gasteiger partial charge is 0.310 e. The van der Waals surface area contributed by atoms with Crippen molar-refractivity contribution < 1.29 is 0 Å². The van der Waals surface area contributed by atoms with E-state index in [1.165, 1.54) is 55.3 Å². The van der Waals surface area contributed by atoms with Crippen LogP contribution < -0.4 is 5.32 Å². The van der Waals surface area contributed by atoms with E-state index in [1.807, 2.05) is 0 Å². The summed E-state index contributed by atoms with van der Waals surface area (Å²) in [4.78, 5) is 0. The molecule has 1 atom stereocenters. The van der Waals surface area contributed by atoms with E-state index in [0.29, 0.717) is 11.5 Å². The third-order valence-corrected chi connectivity index (χ3v) is 5.03. The van der Waals surface area contributed by atoms with E-state index in [1.54, 1.807) is 0 Å². The van der Waals surface area contributed by atoms with Gasteiger partial charge in [0, 0.05) is 12.6 Å². The molecule has 1 aliphatic rings. The fourth-order valence-corrected chi connectivity index (χ4v) is 4.19. The molecule has 1 aromatic carbocycles. The third-order valence-electron chi connectivity index (χ3n) is 5.03. The van der Waals surface area contributed by atoms with Gasteiger partial charge >= 0.3 is 0 Å². The van der Waals surface area contributed by atoms with Crippen LogP contribution in [0, 0.1) is 25.2 Å². The zero-order valence-electron chi connectivity index (χ0n) is 14.6. The molecule has 1 aromatic rings. The van der Waals surface area contributed by atoms with Crippen LogP contribution in [-0.2, 0) is 0 Å². The van der Waals surface area contributed by atoms with Crippen molar-refractivity contribution in [3.63, 3.8) is 0 Å². The van der Waals surface area contributed by atoms with E-state index in [-0.39, 0.29) is 0 Å². The summed E-state index contributed by atoms with van der Waals surface area (Å²) in [6, 6.07) is 7.37. The van der Waals surface area contributed by atoms with Crippen LogP contribution in [0.1, 0.15) is 75.6 Å². The molecular formula is C20H33N. The molecular weight excluding hydrogens is 254 g/mol. The molecule has 1 heteroatoms. The maximum atomic E-state index is 3.84. The molecule has 1 unspecified atom stereocenters.